The molecule has 26 heavy (non-hydrogen) atoms. The number of aliphatic hydroxyl groups is 1. The molecule has 1 aromatic heterocycles. The Labute approximate surface area is 152 Å². The van der Waals surface area contributed by atoms with Gasteiger partial charge in [-0.3, -0.25) is 4.79 Å². The number of aryl methyl sites for hydroxylation is 1. The molecule has 2 aromatic carbocycles. The largest absolute Gasteiger partial charge is 0.497 e. The number of nitrogens with one attached hydrogen (secondary N) is 1. The number of amides is 1. The number of carbonyl (C=O) groups is 1. The summed E-state index contributed by atoms with van der Waals surface area (Å²) in [6.45, 7) is 3.16. The number of hydrogen-bond acceptors (Lipinski definition) is 4. The van der Waals surface area contributed by atoms with Crippen molar-refractivity contribution in [2.24, 2.45) is 0 Å². The van der Waals surface area contributed by atoms with Gasteiger partial charge >= 0.3 is 0 Å². The lowest BCUT2D eigenvalue weighted by Gasteiger charge is -2.22. The number of H-pyrrole nitrogens is 1. The molecule has 0 saturated carbocycles. The van der Waals surface area contributed by atoms with Crippen LogP contribution in [0.25, 0.3) is 21.8 Å². The molecule has 0 radical (unpaired) electrons. The molecule has 0 bridgehead atoms. The number of rotatable bonds is 4. The van der Waals surface area contributed by atoms with Gasteiger partial charge in [0, 0.05) is 46.0 Å². The maximum absolute atomic E-state index is 12.9. The number of carbonyl (C=O) groups excluding carboxylic acids is 1. The zero-order valence-corrected chi connectivity index (χ0v) is 15.5. The zero-order chi connectivity index (χ0) is 18.6. The summed E-state index contributed by atoms with van der Waals surface area (Å²) in [5.41, 5.74) is 4.18. The van der Waals surface area contributed by atoms with Crippen molar-refractivity contribution in [1.82, 2.24) is 14.8 Å². The van der Waals surface area contributed by atoms with Crippen LogP contribution in [0.5, 0.6) is 5.75 Å². The minimum absolute atomic E-state index is 0.114. The average Bonchev–Trinajstić information content (AvgIpc) is 3.09. The van der Waals surface area contributed by atoms with Gasteiger partial charge in [0.2, 0.25) is 0 Å². The van der Waals surface area contributed by atoms with Crippen LogP contribution < -0.4 is 4.74 Å². The Kier molecular flexibility index (Phi) is 3.89. The lowest BCUT2D eigenvalue weighted by Crippen LogP contribution is -2.34. The molecule has 0 fully saturated rings. The fourth-order valence-corrected chi connectivity index (χ4v) is 3.77. The first-order valence-corrected chi connectivity index (χ1v) is 8.69. The topological polar surface area (TPSA) is 68.8 Å². The molecular weight excluding hydrogens is 330 g/mol. The van der Waals surface area contributed by atoms with Gasteiger partial charge in [0.15, 0.2) is 6.23 Å². The van der Waals surface area contributed by atoms with E-state index in [1.807, 2.05) is 50.2 Å². The van der Waals surface area contributed by atoms with Crippen molar-refractivity contribution >= 4 is 27.7 Å². The highest BCUT2D eigenvalue weighted by molar-refractivity contribution is 6.15. The molecule has 1 aliphatic rings. The SMILES string of the molecule is COc1ccc2[nH]c3c(C)cc4c(c3c2c1)C(O)N(CCN(C)C)C4=O. The van der Waals surface area contributed by atoms with Gasteiger partial charge < -0.3 is 24.6 Å². The van der Waals surface area contributed by atoms with Crippen molar-refractivity contribution in [2.45, 2.75) is 13.2 Å². The lowest BCUT2D eigenvalue weighted by molar-refractivity contribution is 0.0160. The average molecular weight is 353 g/mol. The minimum atomic E-state index is -0.939. The van der Waals surface area contributed by atoms with Gasteiger partial charge in [-0.25, -0.2) is 0 Å². The van der Waals surface area contributed by atoms with Gasteiger partial charge in [0.25, 0.3) is 5.91 Å². The van der Waals surface area contributed by atoms with Gasteiger partial charge in [-0.05, 0) is 50.8 Å². The van der Waals surface area contributed by atoms with E-state index in [2.05, 4.69) is 4.98 Å². The molecular formula is C20H23N3O3. The van der Waals surface area contributed by atoms with Gasteiger partial charge in [-0.1, -0.05) is 0 Å². The van der Waals surface area contributed by atoms with E-state index in [4.69, 9.17) is 4.74 Å². The molecule has 0 aliphatic carbocycles. The van der Waals surface area contributed by atoms with Gasteiger partial charge in [0.1, 0.15) is 5.75 Å². The molecule has 136 valence electrons. The smallest absolute Gasteiger partial charge is 0.256 e. The summed E-state index contributed by atoms with van der Waals surface area (Å²) in [5, 5.41) is 12.8. The maximum atomic E-state index is 12.9. The fourth-order valence-electron chi connectivity index (χ4n) is 3.77. The van der Waals surface area contributed by atoms with Gasteiger partial charge in [0.05, 0.1) is 7.11 Å². The van der Waals surface area contributed by atoms with Crippen molar-refractivity contribution in [1.29, 1.82) is 0 Å². The molecule has 3 aromatic rings. The first-order chi connectivity index (χ1) is 12.4. The molecule has 1 atom stereocenters. The highest BCUT2D eigenvalue weighted by Gasteiger charge is 2.38. The van der Waals surface area contributed by atoms with Crippen LogP contribution in [0.2, 0.25) is 0 Å². The Hall–Kier alpha value is -2.57. The third-order valence-electron chi connectivity index (χ3n) is 5.15. The first-order valence-electron chi connectivity index (χ1n) is 8.69. The predicted octanol–water partition coefficient (Wildman–Crippen LogP) is 2.65. The van der Waals surface area contributed by atoms with E-state index >= 15 is 0 Å². The van der Waals surface area contributed by atoms with E-state index in [-0.39, 0.29) is 5.91 Å². The number of ether oxygens (including phenoxy) is 1. The number of fused-ring (bicyclic) bond motifs is 5. The molecule has 6 nitrogen and oxygen atoms in total. The normalized spacial score (nSPS) is 16.9. The fraction of sp³-hybridized carbons (Fsp3) is 0.350. The highest BCUT2D eigenvalue weighted by Crippen LogP contribution is 2.42. The van der Waals surface area contributed by atoms with Crippen LogP contribution >= 0.6 is 0 Å². The first kappa shape index (κ1) is 16.9. The number of likely N-dealkylation sites (N-methyl/N-ethyl adjacent to an activating group) is 1. The van der Waals surface area contributed by atoms with E-state index in [0.717, 1.165) is 33.1 Å². The number of benzene rings is 2. The second kappa shape index (κ2) is 6.00. The molecule has 1 aliphatic heterocycles. The Balaban J connectivity index is 1.96. The second-order valence-electron chi connectivity index (χ2n) is 7.12. The molecule has 1 unspecified atom stereocenters. The number of aromatic nitrogens is 1. The predicted molar refractivity (Wildman–Crippen MR) is 102 cm³/mol. The van der Waals surface area contributed by atoms with Crippen molar-refractivity contribution in [2.75, 3.05) is 34.3 Å². The summed E-state index contributed by atoms with van der Waals surface area (Å²) in [7, 11) is 5.54. The molecule has 1 amide bonds. The van der Waals surface area contributed by atoms with E-state index in [0.29, 0.717) is 24.2 Å². The molecule has 6 heteroatoms. The van der Waals surface area contributed by atoms with Crippen LogP contribution in [0.1, 0.15) is 27.7 Å². The Morgan fingerprint density at radius 3 is 2.77 bits per heavy atom. The molecule has 2 heterocycles. The zero-order valence-electron chi connectivity index (χ0n) is 15.5. The lowest BCUT2D eigenvalue weighted by atomic mass is 9.98. The third-order valence-corrected chi connectivity index (χ3v) is 5.15. The van der Waals surface area contributed by atoms with Crippen molar-refractivity contribution in [3.8, 4) is 5.75 Å². The second-order valence-corrected chi connectivity index (χ2v) is 7.12. The van der Waals surface area contributed by atoms with E-state index in [1.54, 1.807) is 12.0 Å². The quantitative estimate of drug-likeness (QED) is 0.757. The van der Waals surface area contributed by atoms with E-state index < -0.39 is 6.23 Å². The Morgan fingerprint density at radius 1 is 1.31 bits per heavy atom. The van der Waals surface area contributed by atoms with Crippen LogP contribution in [0, 0.1) is 6.92 Å². The van der Waals surface area contributed by atoms with Crippen molar-refractivity contribution in [3.63, 3.8) is 0 Å². The van der Waals surface area contributed by atoms with Crippen molar-refractivity contribution in [3.05, 3.63) is 41.0 Å². The molecule has 4 rings (SSSR count). The molecule has 0 saturated heterocycles. The van der Waals surface area contributed by atoms with Gasteiger partial charge in [-0.2, -0.15) is 0 Å². The minimum Gasteiger partial charge on any atom is -0.497 e. The van der Waals surface area contributed by atoms with Gasteiger partial charge in [-0.15, -0.1) is 0 Å². The van der Waals surface area contributed by atoms with E-state index in [9.17, 15) is 9.90 Å². The standard InChI is InChI=1S/C20H23N3O3/c1-11-9-14-17(20(25)23(19(14)24)8-7-22(2)3)16-13-10-12(26-4)5-6-15(13)21-18(11)16/h5-6,9-10,20-21,25H,7-8H2,1-4H3. The number of nitrogens with zero attached hydrogens (tertiary/aromatic N) is 2. The monoisotopic (exact) mass is 353 g/mol. The number of aliphatic hydroxyl groups excluding tert-OH is 1. The number of aromatic amines is 1. The van der Waals surface area contributed by atoms with Crippen LogP contribution in [-0.4, -0.2) is 60.1 Å². The summed E-state index contributed by atoms with van der Waals surface area (Å²) in [5.74, 6) is 0.633. The van der Waals surface area contributed by atoms with Crippen LogP contribution in [-0.2, 0) is 0 Å². The Morgan fingerprint density at radius 2 is 2.08 bits per heavy atom. The van der Waals surface area contributed by atoms with E-state index in [1.165, 1.54) is 0 Å². The molecule has 2 N–H and O–H groups in total. The summed E-state index contributed by atoms with van der Waals surface area (Å²) >= 11 is 0. The van der Waals surface area contributed by atoms with Crippen molar-refractivity contribution < 1.29 is 14.6 Å². The third kappa shape index (κ3) is 2.37. The molecule has 0 spiro atoms. The summed E-state index contributed by atoms with van der Waals surface area (Å²) < 4.78 is 5.36. The Bertz CT molecular complexity index is 1020. The van der Waals surface area contributed by atoms with Crippen LogP contribution in [0.3, 0.4) is 0 Å². The maximum Gasteiger partial charge on any atom is 0.256 e. The van der Waals surface area contributed by atoms with Crippen LogP contribution in [0.4, 0.5) is 0 Å². The number of methoxy groups -OCH3 is 1. The summed E-state index contributed by atoms with van der Waals surface area (Å²) in [6.07, 6.45) is -0.939. The summed E-state index contributed by atoms with van der Waals surface area (Å²) in [4.78, 5) is 19.9. The highest BCUT2D eigenvalue weighted by atomic mass is 16.5. The number of hydrogen-bond donors (Lipinski definition) is 2. The van der Waals surface area contributed by atoms with Crippen LogP contribution in [0.15, 0.2) is 24.3 Å². The summed E-state index contributed by atoms with van der Waals surface area (Å²) in [6, 6.07) is 7.70.